The minimum absolute atomic E-state index is 0.159. The maximum atomic E-state index is 12.9. The normalized spacial score (nSPS) is 21.6. The van der Waals surface area contributed by atoms with Crippen LogP contribution in [0, 0.1) is 0 Å². The van der Waals surface area contributed by atoms with E-state index in [4.69, 9.17) is 4.74 Å². The highest BCUT2D eigenvalue weighted by Gasteiger charge is 2.40. The molecule has 0 saturated carbocycles. The number of nitrogens with one attached hydrogen (secondary N) is 1. The van der Waals surface area contributed by atoms with E-state index in [0.29, 0.717) is 25.1 Å². The Morgan fingerprint density at radius 3 is 2.56 bits per heavy atom. The van der Waals surface area contributed by atoms with Crippen molar-refractivity contribution in [3.05, 3.63) is 29.3 Å². The Morgan fingerprint density at radius 1 is 0.969 bits per heavy atom. The van der Waals surface area contributed by atoms with Crippen LogP contribution in [0.3, 0.4) is 0 Å². The number of fused-ring (bicyclic) bond motifs is 1. The lowest BCUT2D eigenvalue weighted by molar-refractivity contribution is -0.136. The van der Waals surface area contributed by atoms with Crippen molar-refractivity contribution < 1.29 is 19.1 Å². The Labute approximate surface area is 190 Å². The molecule has 1 atom stereocenters. The van der Waals surface area contributed by atoms with Crippen molar-refractivity contribution in [2.45, 2.75) is 76.8 Å². The molecule has 3 aliphatic heterocycles. The molecule has 0 aliphatic carbocycles. The first-order valence-corrected chi connectivity index (χ1v) is 12.2. The summed E-state index contributed by atoms with van der Waals surface area (Å²) in [7, 11) is 0. The van der Waals surface area contributed by atoms with Crippen LogP contribution in [0.1, 0.15) is 80.1 Å². The highest BCUT2D eigenvalue weighted by Crippen LogP contribution is 2.33. The zero-order chi connectivity index (χ0) is 22.3. The number of hydrogen-bond donors (Lipinski definition) is 1. The maximum absolute atomic E-state index is 12.9. The van der Waals surface area contributed by atoms with Crippen LogP contribution < -0.4 is 10.1 Å². The van der Waals surface area contributed by atoms with Crippen molar-refractivity contribution in [1.29, 1.82) is 0 Å². The average Bonchev–Trinajstić information content (AvgIpc) is 3.13. The Kier molecular flexibility index (Phi) is 7.79. The number of benzene rings is 1. The van der Waals surface area contributed by atoms with Gasteiger partial charge in [-0.15, -0.1) is 0 Å². The van der Waals surface area contributed by atoms with Crippen LogP contribution in [-0.2, 0) is 16.1 Å². The summed E-state index contributed by atoms with van der Waals surface area (Å²) in [5.74, 6) is -0.0829. The number of ether oxygens (including phenoxy) is 1. The lowest BCUT2D eigenvalue weighted by Crippen LogP contribution is -2.52. The lowest BCUT2D eigenvalue weighted by Gasteiger charge is -2.29. The summed E-state index contributed by atoms with van der Waals surface area (Å²) in [6.07, 6.45) is 10.7. The number of amides is 3. The van der Waals surface area contributed by atoms with Gasteiger partial charge in [0, 0.05) is 17.5 Å². The highest BCUT2D eigenvalue weighted by atomic mass is 16.5. The number of carbonyl (C=O) groups is 3. The number of likely N-dealkylation sites (tertiary alicyclic amines) is 1. The summed E-state index contributed by atoms with van der Waals surface area (Å²) in [4.78, 5) is 40.7. The molecule has 7 heteroatoms. The van der Waals surface area contributed by atoms with Crippen LogP contribution in [0.2, 0.25) is 0 Å². The molecule has 1 N–H and O–H groups in total. The minimum atomic E-state index is -0.592. The first-order chi connectivity index (χ1) is 15.6. The molecule has 0 bridgehead atoms. The summed E-state index contributed by atoms with van der Waals surface area (Å²) >= 11 is 0. The molecule has 3 aliphatic rings. The molecule has 7 nitrogen and oxygen atoms in total. The van der Waals surface area contributed by atoms with E-state index in [9.17, 15) is 14.4 Å². The summed E-state index contributed by atoms with van der Waals surface area (Å²) in [6.45, 7) is 4.78. The largest absolute Gasteiger partial charge is 0.493 e. The molecule has 2 fully saturated rings. The van der Waals surface area contributed by atoms with Gasteiger partial charge in [-0.2, -0.15) is 0 Å². The number of unbranched alkanes of at least 4 members (excludes halogenated alkanes) is 4. The Balaban J connectivity index is 1.19. The quantitative estimate of drug-likeness (QED) is 0.445. The molecule has 0 aromatic heterocycles. The van der Waals surface area contributed by atoms with Gasteiger partial charge in [-0.05, 0) is 63.9 Å². The van der Waals surface area contributed by atoms with Crippen molar-refractivity contribution in [1.82, 2.24) is 15.1 Å². The molecule has 0 radical (unpaired) electrons. The van der Waals surface area contributed by atoms with Crippen LogP contribution >= 0.6 is 0 Å². The fourth-order valence-electron chi connectivity index (χ4n) is 5.03. The Morgan fingerprint density at radius 2 is 1.75 bits per heavy atom. The second-order valence-electron chi connectivity index (χ2n) is 9.20. The van der Waals surface area contributed by atoms with E-state index in [1.807, 2.05) is 12.1 Å². The molecular weight excluding hydrogens is 406 g/mol. The molecule has 0 spiro atoms. The number of imide groups is 1. The molecule has 32 heavy (non-hydrogen) atoms. The van der Waals surface area contributed by atoms with Crippen LogP contribution in [0.5, 0.6) is 5.75 Å². The fourth-order valence-corrected chi connectivity index (χ4v) is 5.03. The number of nitrogens with zero attached hydrogens (tertiary/aromatic N) is 2. The van der Waals surface area contributed by atoms with Crippen molar-refractivity contribution in [3.63, 3.8) is 0 Å². The van der Waals surface area contributed by atoms with Crippen LogP contribution in [0.15, 0.2) is 18.2 Å². The molecule has 3 amide bonds. The van der Waals surface area contributed by atoms with Gasteiger partial charge in [0.2, 0.25) is 11.8 Å². The van der Waals surface area contributed by atoms with E-state index in [2.05, 4.69) is 10.2 Å². The van der Waals surface area contributed by atoms with Crippen LogP contribution in [0.4, 0.5) is 0 Å². The molecule has 2 saturated heterocycles. The van der Waals surface area contributed by atoms with Crippen molar-refractivity contribution in [3.8, 4) is 5.75 Å². The zero-order valence-electron chi connectivity index (χ0n) is 18.9. The molecule has 1 aromatic rings. The molecular formula is C25H35N3O4. The summed E-state index contributed by atoms with van der Waals surface area (Å²) < 4.78 is 6.04. The minimum Gasteiger partial charge on any atom is -0.493 e. The van der Waals surface area contributed by atoms with E-state index >= 15 is 0 Å². The standard InChI is InChI=1S/C25H35N3O4/c29-23-13-12-21(24(30)26-23)28-18-20-19(25(28)31)10-9-11-22(20)32-17-8-3-1-2-5-14-27-15-6-4-7-16-27/h9-11,21H,1-8,12-18H2,(H,26,29,30). The third-order valence-corrected chi connectivity index (χ3v) is 6.86. The third-order valence-electron chi connectivity index (χ3n) is 6.86. The van der Waals surface area contributed by atoms with E-state index in [0.717, 1.165) is 24.2 Å². The maximum Gasteiger partial charge on any atom is 0.255 e. The second kappa shape index (κ2) is 10.9. The number of rotatable bonds is 10. The average molecular weight is 442 g/mol. The van der Waals surface area contributed by atoms with E-state index in [1.165, 1.54) is 58.2 Å². The van der Waals surface area contributed by atoms with Crippen LogP contribution in [0.25, 0.3) is 0 Å². The predicted molar refractivity (Wildman–Crippen MR) is 121 cm³/mol. The predicted octanol–water partition coefficient (Wildman–Crippen LogP) is 3.26. The van der Waals surface area contributed by atoms with E-state index < -0.39 is 6.04 Å². The monoisotopic (exact) mass is 441 g/mol. The van der Waals surface area contributed by atoms with E-state index in [1.54, 1.807) is 11.0 Å². The number of carbonyl (C=O) groups excluding carboxylic acids is 3. The number of piperidine rings is 2. The topological polar surface area (TPSA) is 79.0 Å². The third kappa shape index (κ3) is 5.49. The van der Waals surface area contributed by atoms with Crippen LogP contribution in [-0.4, -0.2) is 59.8 Å². The first kappa shape index (κ1) is 22.8. The molecule has 1 aromatic carbocycles. The Bertz CT molecular complexity index is 834. The molecule has 174 valence electrons. The fraction of sp³-hybridized carbons (Fsp3) is 0.640. The van der Waals surface area contributed by atoms with Gasteiger partial charge in [0.15, 0.2) is 0 Å². The molecule has 3 heterocycles. The SMILES string of the molecule is O=C1CCC(N2Cc3c(OCCCCCCCN4CCCCC4)cccc3C2=O)C(=O)N1. The van der Waals surface area contributed by atoms with Crippen molar-refractivity contribution in [2.75, 3.05) is 26.2 Å². The van der Waals surface area contributed by atoms with Gasteiger partial charge in [0.1, 0.15) is 11.8 Å². The highest BCUT2D eigenvalue weighted by molar-refractivity contribution is 6.05. The van der Waals surface area contributed by atoms with Crippen molar-refractivity contribution >= 4 is 17.7 Å². The van der Waals surface area contributed by atoms with Crippen molar-refractivity contribution in [2.24, 2.45) is 0 Å². The van der Waals surface area contributed by atoms with Gasteiger partial charge >= 0.3 is 0 Å². The smallest absolute Gasteiger partial charge is 0.255 e. The van der Waals surface area contributed by atoms with Gasteiger partial charge in [-0.1, -0.05) is 31.7 Å². The summed E-state index contributed by atoms with van der Waals surface area (Å²) in [5, 5.41) is 2.34. The van der Waals surface area contributed by atoms with Gasteiger partial charge in [-0.25, -0.2) is 0 Å². The van der Waals surface area contributed by atoms with Gasteiger partial charge in [0.05, 0.1) is 13.2 Å². The second-order valence-corrected chi connectivity index (χ2v) is 9.20. The zero-order valence-corrected chi connectivity index (χ0v) is 18.9. The summed E-state index contributed by atoms with van der Waals surface area (Å²) in [6, 6.07) is 4.93. The first-order valence-electron chi connectivity index (χ1n) is 12.2. The number of hydrogen-bond acceptors (Lipinski definition) is 5. The molecule has 1 unspecified atom stereocenters. The van der Waals surface area contributed by atoms with E-state index in [-0.39, 0.29) is 24.1 Å². The van der Waals surface area contributed by atoms with Gasteiger partial charge in [-0.3, -0.25) is 19.7 Å². The van der Waals surface area contributed by atoms with Gasteiger partial charge in [0.25, 0.3) is 5.91 Å². The summed E-state index contributed by atoms with van der Waals surface area (Å²) in [5.41, 5.74) is 1.45. The lowest BCUT2D eigenvalue weighted by atomic mass is 10.0. The Hall–Kier alpha value is -2.41. The van der Waals surface area contributed by atoms with Gasteiger partial charge < -0.3 is 14.5 Å². The molecule has 4 rings (SSSR count).